The molecule has 3 rings (SSSR count). The Morgan fingerprint density at radius 1 is 1.30 bits per heavy atom. The molecule has 1 fully saturated rings. The highest BCUT2D eigenvalue weighted by Gasteiger charge is 2.30. The first-order chi connectivity index (χ1) is 13.1. The molecule has 1 saturated heterocycles. The van der Waals surface area contributed by atoms with Crippen molar-refractivity contribution in [1.82, 2.24) is 14.8 Å². The molecule has 1 amide bonds. The van der Waals surface area contributed by atoms with Crippen molar-refractivity contribution in [3.05, 3.63) is 64.1 Å². The van der Waals surface area contributed by atoms with Gasteiger partial charge in [-0.1, -0.05) is 12.1 Å². The number of rotatable bonds is 6. The van der Waals surface area contributed by atoms with Gasteiger partial charge in [0.1, 0.15) is 11.3 Å². The number of hydrogen-bond donors (Lipinski definition) is 2. The Labute approximate surface area is 158 Å². The molecule has 2 aromatic rings. The number of carbonyl (C=O) groups excluding carboxylic acids is 1. The smallest absolute Gasteiger partial charge is 0.260 e. The summed E-state index contributed by atoms with van der Waals surface area (Å²) in [4.78, 5) is 31.2. The van der Waals surface area contributed by atoms with Gasteiger partial charge in [-0.05, 0) is 36.2 Å². The summed E-state index contributed by atoms with van der Waals surface area (Å²) in [5, 5.41) is 9.47. The van der Waals surface area contributed by atoms with Crippen molar-refractivity contribution in [3.8, 4) is 5.75 Å². The second-order valence-corrected chi connectivity index (χ2v) is 6.65. The highest BCUT2D eigenvalue weighted by Crippen LogP contribution is 2.20. The van der Waals surface area contributed by atoms with Gasteiger partial charge in [0.2, 0.25) is 0 Å². The van der Waals surface area contributed by atoms with Gasteiger partial charge in [0.05, 0.1) is 7.11 Å². The van der Waals surface area contributed by atoms with Crippen molar-refractivity contribution < 1.29 is 14.6 Å². The molecular formula is C20H25N3O4. The third kappa shape index (κ3) is 4.56. The number of aliphatic hydroxyl groups excluding tert-OH is 1. The van der Waals surface area contributed by atoms with Gasteiger partial charge in [-0.15, -0.1) is 0 Å². The van der Waals surface area contributed by atoms with Gasteiger partial charge in [0, 0.05) is 45.0 Å². The molecule has 1 atom stereocenters. The highest BCUT2D eigenvalue weighted by atomic mass is 16.5. The van der Waals surface area contributed by atoms with Crippen LogP contribution in [0.1, 0.15) is 22.3 Å². The third-order valence-electron chi connectivity index (χ3n) is 4.92. The third-order valence-corrected chi connectivity index (χ3v) is 4.92. The second-order valence-electron chi connectivity index (χ2n) is 6.65. The van der Waals surface area contributed by atoms with Crippen LogP contribution in [0.2, 0.25) is 0 Å². The molecule has 1 aromatic carbocycles. The Hall–Kier alpha value is -2.64. The summed E-state index contributed by atoms with van der Waals surface area (Å²) in [6, 6.07) is 11.1. The molecule has 7 heteroatoms. The highest BCUT2D eigenvalue weighted by molar-refractivity contribution is 5.93. The maximum atomic E-state index is 12.7. The fourth-order valence-electron chi connectivity index (χ4n) is 3.47. The number of amides is 1. The number of methoxy groups -OCH3 is 1. The zero-order chi connectivity index (χ0) is 19.2. The molecule has 0 aliphatic carbocycles. The fraction of sp³-hybridized carbons (Fsp3) is 0.400. The van der Waals surface area contributed by atoms with Gasteiger partial charge in [0.25, 0.3) is 11.5 Å². The lowest BCUT2D eigenvalue weighted by Crippen LogP contribution is -2.55. The Bertz CT molecular complexity index is 836. The summed E-state index contributed by atoms with van der Waals surface area (Å²) in [6.07, 6.45) is 2.08. The Morgan fingerprint density at radius 3 is 2.89 bits per heavy atom. The van der Waals surface area contributed by atoms with E-state index in [9.17, 15) is 14.7 Å². The number of nitrogens with zero attached hydrogens (tertiary/aromatic N) is 2. The van der Waals surface area contributed by atoms with Crippen molar-refractivity contribution in [2.45, 2.75) is 19.0 Å². The first kappa shape index (κ1) is 19.1. The van der Waals surface area contributed by atoms with Crippen LogP contribution in [0.5, 0.6) is 5.75 Å². The number of aliphatic hydroxyl groups is 1. The van der Waals surface area contributed by atoms with E-state index in [1.807, 2.05) is 24.3 Å². The monoisotopic (exact) mass is 371 g/mol. The molecule has 1 unspecified atom stereocenters. The van der Waals surface area contributed by atoms with E-state index in [4.69, 9.17) is 4.74 Å². The number of pyridine rings is 1. The summed E-state index contributed by atoms with van der Waals surface area (Å²) in [6.45, 7) is 2.47. The maximum Gasteiger partial charge on any atom is 0.260 e. The zero-order valence-electron chi connectivity index (χ0n) is 15.4. The fourth-order valence-corrected chi connectivity index (χ4v) is 3.47. The molecule has 0 bridgehead atoms. The van der Waals surface area contributed by atoms with Crippen molar-refractivity contribution >= 4 is 5.91 Å². The lowest BCUT2D eigenvalue weighted by atomic mass is 10.1. The van der Waals surface area contributed by atoms with E-state index in [1.54, 1.807) is 24.1 Å². The number of aromatic nitrogens is 1. The minimum Gasteiger partial charge on any atom is -0.497 e. The predicted molar refractivity (Wildman–Crippen MR) is 102 cm³/mol. The van der Waals surface area contributed by atoms with Crippen LogP contribution < -0.4 is 10.3 Å². The maximum absolute atomic E-state index is 12.7. The summed E-state index contributed by atoms with van der Waals surface area (Å²) in [5.41, 5.74) is 0.901. The minimum atomic E-state index is -0.375. The van der Waals surface area contributed by atoms with Crippen LogP contribution in [0.4, 0.5) is 0 Å². The average Bonchev–Trinajstić information content (AvgIpc) is 2.69. The number of carbonyl (C=O) groups is 1. The molecule has 0 radical (unpaired) electrons. The first-order valence-corrected chi connectivity index (χ1v) is 9.07. The van der Waals surface area contributed by atoms with Gasteiger partial charge in [-0.3, -0.25) is 14.5 Å². The molecule has 0 saturated carbocycles. The van der Waals surface area contributed by atoms with Crippen LogP contribution in [-0.4, -0.2) is 65.2 Å². The SMILES string of the molecule is COc1cccc(CN2CCN(C(=O)c3ccc[nH]c3=O)CC2CCO)c1. The lowest BCUT2D eigenvalue weighted by Gasteiger charge is -2.41. The van der Waals surface area contributed by atoms with Crippen LogP contribution in [0.15, 0.2) is 47.4 Å². The topological polar surface area (TPSA) is 85.9 Å². The number of ether oxygens (including phenoxy) is 1. The summed E-state index contributed by atoms with van der Waals surface area (Å²) in [7, 11) is 1.64. The van der Waals surface area contributed by atoms with Gasteiger partial charge in [-0.2, -0.15) is 0 Å². The molecule has 1 aliphatic rings. The van der Waals surface area contributed by atoms with Crippen LogP contribution in [0, 0.1) is 0 Å². The molecule has 144 valence electrons. The van der Waals surface area contributed by atoms with E-state index in [1.165, 1.54) is 6.20 Å². The molecular weight excluding hydrogens is 346 g/mol. The van der Waals surface area contributed by atoms with Gasteiger partial charge >= 0.3 is 0 Å². The number of hydrogen-bond acceptors (Lipinski definition) is 5. The second kappa shape index (κ2) is 8.83. The van der Waals surface area contributed by atoms with Crippen LogP contribution >= 0.6 is 0 Å². The Kier molecular flexibility index (Phi) is 6.26. The van der Waals surface area contributed by atoms with E-state index in [0.717, 1.165) is 17.9 Å². The van der Waals surface area contributed by atoms with E-state index in [0.29, 0.717) is 26.1 Å². The summed E-state index contributed by atoms with van der Waals surface area (Å²) >= 11 is 0. The molecule has 27 heavy (non-hydrogen) atoms. The molecule has 1 aliphatic heterocycles. The van der Waals surface area contributed by atoms with Crippen molar-refractivity contribution in [2.75, 3.05) is 33.4 Å². The van der Waals surface area contributed by atoms with E-state index < -0.39 is 0 Å². The van der Waals surface area contributed by atoms with Crippen LogP contribution in [-0.2, 0) is 6.54 Å². The zero-order valence-corrected chi connectivity index (χ0v) is 15.4. The molecule has 7 nitrogen and oxygen atoms in total. The standard InChI is InChI=1S/C20H25N3O4/c1-27-17-5-2-4-15(12-17)13-22-9-10-23(14-16(22)7-11-24)20(26)18-6-3-8-21-19(18)25/h2-6,8,12,16,24H,7,9-11,13-14H2,1H3,(H,21,25). The number of H-pyrrole nitrogens is 1. The summed E-state index contributed by atoms with van der Waals surface area (Å²) in [5.74, 6) is 0.546. The van der Waals surface area contributed by atoms with Gasteiger partial charge in [0.15, 0.2) is 0 Å². The van der Waals surface area contributed by atoms with Crippen molar-refractivity contribution in [1.29, 1.82) is 0 Å². The van der Waals surface area contributed by atoms with E-state index >= 15 is 0 Å². The van der Waals surface area contributed by atoms with Crippen LogP contribution in [0.3, 0.4) is 0 Å². The predicted octanol–water partition coefficient (Wildman–Crippen LogP) is 1.09. The van der Waals surface area contributed by atoms with Gasteiger partial charge < -0.3 is 19.7 Å². The lowest BCUT2D eigenvalue weighted by molar-refractivity contribution is 0.0394. The number of benzene rings is 1. The largest absolute Gasteiger partial charge is 0.497 e. The average molecular weight is 371 g/mol. The van der Waals surface area contributed by atoms with E-state index in [-0.39, 0.29) is 29.7 Å². The number of piperazine rings is 1. The summed E-state index contributed by atoms with van der Waals surface area (Å²) < 4.78 is 5.28. The molecule has 2 N–H and O–H groups in total. The van der Waals surface area contributed by atoms with Crippen molar-refractivity contribution in [3.63, 3.8) is 0 Å². The minimum absolute atomic E-state index is 0.0293. The number of nitrogens with one attached hydrogen (secondary N) is 1. The van der Waals surface area contributed by atoms with Gasteiger partial charge in [-0.25, -0.2) is 0 Å². The Balaban J connectivity index is 1.72. The first-order valence-electron chi connectivity index (χ1n) is 9.07. The molecule has 1 aromatic heterocycles. The quantitative estimate of drug-likeness (QED) is 0.794. The van der Waals surface area contributed by atoms with E-state index in [2.05, 4.69) is 9.88 Å². The van der Waals surface area contributed by atoms with Crippen molar-refractivity contribution in [2.24, 2.45) is 0 Å². The molecule has 0 spiro atoms. The number of aromatic amines is 1. The Morgan fingerprint density at radius 2 is 2.15 bits per heavy atom. The van der Waals surface area contributed by atoms with Crippen LogP contribution in [0.25, 0.3) is 0 Å². The molecule has 2 heterocycles. The normalized spacial score (nSPS) is 17.7.